The van der Waals surface area contributed by atoms with Crippen LogP contribution in [0.1, 0.15) is 36.1 Å². The SMILES string of the molecule is CC(=O)N(CCOCCF)c1cc(C)c(Br)c(C)c1.CC(=O)N(CCOCCOS(C)(=O)=O)c1cc(C)c(Br)c(C)c1.[F-].[K+]. The van der Waals surface area contributed by atoms with Gasteiger partial charge in [0.2, 0.25) is 11.8 Å². The second-order valence-electron chi connectivity index (χ2n) is 9.57. The van der Waals surface area contributed by atoms with Crippen molar-refractivity contribution in [2.24, 2.45) is 0 Å². The van der Waals surface area contributed by atoms with Crippen LogP contribution < -0.4 is 65.9 Å². The molecule has 0 bridgehead atoms. The number of nitrogens with zero attached hydrogens (tertiary/aromatic N) is 2. The van der Waals surface area contributed by atoms with Gasteiger partial charge in [-0.2, -0.15) is 8.42 Å². The first-order valence-electron chi connectivity index (χ1n) is 13.2. The predicted molar refractivity (Wildman–Crippen MR) is 172 cm³/mol. The summed E-state index contributed by atoms with van der Waals surface area (Å²) in [5.74, 6) is -0.132. The second-order valence-corrected chi connectivity index (χ2v) is 12.8. The number of alkyl halides is 1. The van der Waals surface area contributed by atoms with Gasteiger partial charge < -0.3 is 24.0 Å². The maximum absolute atomic E-state index is 11.9. The molecule has 0 unspecified atom stereocenters. The molecule has 2 aromatic carbocycles. The van der Waals surface area contributed by atoms with E-state index in [-0.39, 0.29) is 87.7 Å². The Morgan fingerprint density at radius 2 is 1.07 bits per heavy atom. The molecule has 0 N–H and O–H groups in total. The Balaban J connectivity index is 0. The summed E-state index contributed by atoms with van der Waals surface area (Å²) in [5.41, 5.74) is 5.90. The summed E-state index contributed by atoms with van der Waals surface area (Å²) in [6.07, 6.45) is 0.989. The van der Waals surface area contributed by atoms with Crippen LogP contribution in [0.2, 0.25) is 0 Å². The van der Waals surface area contributed by atoms with E-state index in [9.17, 15) is 22.4 Å². The van der Waals surface area contributed by atoms with E-state index in [0.29, 0.717) is 26.3 Å². The van der Waals surface area contributed by atoms with E-state index in [2.05, 4.69) is 36.0 Å². The minimum absolute atomic E-state index is 0. The normalized spacial score (nSPS) is 10.6. The molecule has 0 aliphatic rings. The van der Waals surface area contributed by atoms with E-state index in [1.807, 2.05) is 52.0 Å². The molecular formula is C29H41Br2F2KN2O7S. The summed E-state index contributed by atoms with van der Waals surface area (Å²) in [6, 6.07) is 7.78. The van der Waals surface area contributed by atoms with Gasteiger partial charge in [0.15, 0.2) is 0 Å². The zero-order valence-electron chi connectivity index (χ0n) is 26.6. The molecule has 2 amide bonds. The molecule has 0 radical (unpaired) electrons. The zero-order valence-corrected chi connectivity index (χ0v) is 33.8. The number of hydrogen-bond acceptors (Lipinski definition) is 7. The maximum atomic E-state index is 11.9. The number of carbonyl (C=O) groups excluding carboxylic acids is 2. The molecule has 2 aromatic rings. The standard InChI is InChI=1S/C15H22BrNO5S.C14H19BrFNO2.FH.K/c1-11-9-14(10-12(2)15(11)16)17(13(3)18)5-6-21-7-8-22-23(4,19)20;1-10-8-13(9-11(2)14(10)15)17(12(3)18)5-7-19-6-4-16;;/h9-10H,5-8H2,1-4H3;8-9H,4-7H2,1-3H3;1H;/q;;;+1/p-1. The number of ether oxygens (including phenoxy) is 2. The molecule has 0 spiro atoms. The van der Waals surface area contributed by atoms with Gasteiger partial charge in [-0.3, -0.25) is 13.8 Å². The van der Waals surface area contributed by atoms with Crippen LogP contribution in [-0.2, 0) is 33.4 Å². The van der Waals surface area contributed by atoms with Crippen LogP contribution in [0.25, 0.3) is 0 Å². The first-order chi connectivity index (χ1) is 19.6. The van der Waals surface area contributed by atoms with E-state index < -0.39 is 16.8 Å². The Hall–Kier alpha value is -0.334. The molecule has 0 atom stereocenters. The van der Waals surface area contributed by atoms with Gasteiger partial charge in [-0.15, -0.1) is 0 Å². The van der Waals surface area contributed by atoms with Crippen molar-refractivity contribution in [1.29, 1.82) is 0 Å². The number of hydrogen-bond donors (Lipinski definition) is 0. The monoisotopic (exact) mass is 796 g/mol. The first-order valence-corrected chi connectivity index (χ1v) is 16.6. The topological polar surface area (TPSA) is 102 Å². The second kappa shape index (κ2) is 23.1. The average molecular weight is 799 g/mol. The fourth-order valence-electron chi connectivity index (χ4n) is 3.91. The van der Waals surface area contributed by atoms with Crippen LogP contribution in [0.4, 0.5) is 15.8 Å². The fraction of sp³-hybridized carbons (Fsp3) is 0.517. The smallest absolute Gasteiger partial charge is 1.00 e. The molecule has 0 aliphatic carbocycles. The quantitative estimate of drug-likeness (QED) is 0.149. The Bertz CT molecular complexity index is 1270. The number of carbonyl (C=O) groups is 2. The number of halogens is 4. The van der Waals surface area contributed by atoms with Crippen LogP contribution in [0.3, 0.4) is 0 Å². The summed E-state index contributed by atoms with van der Waals surface area (Å²) in [7, 11) is -3.45. The van der Waals surface area contributed by atoms with Gasteiger partial charge in [0.25, 0.3) is 10.1 Å². The fourth-order valence-corrected chi connectivity index (χ4v) is 4.74. The van der Waals surface area contributed by atoms with Gasteiger partial charge in [0, 0.05) is 47.3 Å². The van der Waals surface area contributed by atoms with E-state index in [0.717, 1.165) is 48.8 Å². The van der Waals surface area contributed by atoms with Crippen LogP contribution in [0, 0.1) is 27.7 Å². The average Bonchev–Trinajstić information content (AvgIpc) is 2.88. The third-order valence-corrected chi connectivity index (χ3v) is 8.99. The van der Waals surface area contributed by atoms with Gasteiger partial charge in [0.1, 0.15) is 6.67 Å². The van der Waals surface area contributed by atoms with Crippen molar-refractivity contribution in [3.8, 4) is 0 Å². The number of amides is 2. The third kappa shape index (κ3) is 17.0. The molecule has 0 aliphatic heterocycles. The molecule has 0 heterocycles. The minimum atomic E-state index is -3.45. The largest absolute Gasteiger partial charge is 1.00 e. The summed E-state index contributed by atoms with van der Waals surface area (Å²) in [6.45, 7) is 12.0. The van der Waals surface area contributed by atoms with Crippen molar-refractivity contribution in [2.45, 2.75) is 41.5 Å². The van der Waals surface area contributed by atoms with Gasteiger partial charge in [-0.05, 0) is 74.2 Å². The molecule has 0 saturated heterocycles. The molecule has 15 heteroatoms. The Morgan fingerprint density at radius 3 is 1.36 bits per heavy atom. The van der Waals surface area contributed by atoms with E-state index in [1.54, 1.807) is 9.80 Å². The number of benzene rings is 2. The van der Waals surface area contributed by atoms with Crippen molar-refractivity contribution in [1.82, 2.24) is 0 Å². The molecule has 0 fully saturated rings. The Morgan fingerprint density at radius 1 is 0.727 bits per heavy atom. The van der Waals surface area contributed by atoms with E-state index in [1.165, 1.54) is 13.8 Å². The van der Waals surface area contributed by atoms with Crippen LogP contribution >= 0.6 is 31.9 Å². The van der Waals surface area contributed by atoms with Gasteiger partial charge in [0.05, 0.1) is 39.3 Å². The Labute approximate surface area is 319 Å². The maximum Gasteiger partial charge on any atom is 1.00 e. The van der Waals surface area contributed by atoms with E-state index in [4.69, 9.17) is 9.47 Å². The number of aryl methyl sites for hydroxylation is 4. The van der Waals surface area contributed by atoms with Gasteiger partial charge >= 0.3 is 51.4 Å². The van der Waals surface area contributed by atoms with Crippen molar-refractivity contribution in [3.05, 3.63) is 55.5 Å². The van der Waals surface area contributed by atoms with E-state index >= 15 is 0 Å². The molecule has 244 valence electrons. The molecule has 0 aromatic heterocycles. The molecule has 44 heavy (non-hydrogen) atoms. The first kappa shape index (κ1) is 45.8. The van der Waals surface area contributed by atoms with Crippen molar-refractivity contribution in [3.63, 3.8) is 0 Å². The van der Waals surface area contributed by atoms with Crippen LogP contribution in [0.15, 0.2) is 33.2 Å². The molecule has 2 rings (SSSR count). The van der Waals surface area contributed by atoms with Crippen LogP contribution in [-0.4, -0.2) is 79.3 Å². The zero-order chi connectivity index (χ0) is 32.0. The molecule has 9 nitrogen and oxygen atoms in total. The van der Waals surface area contributed by atoms with Crippen molar-refractivity contribution >= 4 is 65.2 Å². The molecule has 0 saturated carbocycles. The molecular weight excluding hydrogens is 757 g/mol. The number of rotatable bonds is 14. The van der Waals surface area contributed by atoms with Crippen LogP contribution in [0.5, 0.6) is 0 Å². The summed E-state index contributed by atoms with van der Waals surface area (Å²) >= 11 is 7.01. The van der Waals surface area contributed by atoms with Crippen molar-refractivity contribution < 1.29 is 92.1 Å². The predicted octanol–water partition coefficient (Wildman–Crippen LogP) is -0.175. The number of anilines is 2. The van der Waals surface area contributed by atoms with Crippen molar-refractivity contribution in [2.75, 3.05) is 68.9 Å². The van der Waals surface area contributed by atoms with Gasteiger partial charge in [-0.1, -0.05) is 31.9 Å². The Kier molecular flexibility index (Phi) is 24.0. The summed E-state index contributed by atoms with van der Waals surface area (Å²) < 4.78 is 50.6. The summed E-state index contributed by atoms with van der Waals surface area (Å²) in [4.78, 5) is 26.8. The minimum Gasteiger partial charge on any atom is -1.00 e. The van der Waals surface area contributed by atoms with Gasteiger partial charge in [-0.25, -0.2) is 4.39 Å². The summed E-state index contributed by atoms with van der Waals surface area (Å²) in [5, 5.41) is 0. The third-order valence-electron chi connectivity index (χ3n) is 5.89.